The van der Waals surface area contributed by atoms with Gasteiger partial charge in [0.25, 0.3) is 5.91 Å². The van der Waals surface area contributed by atoms with E-state index in [1.807, 2.05) is 31.3 Å². The highest BCUT2D eigenvalue weighted by atomic mass is 16.1. The molecule has 2 N–H and O–H groups in total. The first-order valence-corrected chi connectivity index (χ1v) is 5.79. The monoisotopic (exact) mass is 218 g/mol. The number of carbonyl (C=O) groups is 1. The van der Waals surface area contributed by atoms with Crippen LogP contribution in [0.5, 0.6) is 0 Å². The van der Waals surface area contributed by atoms with Crippen LogP contribution in [0.25, 0.3) is 0 Å². The van der Waals surface area contributed by atoms with Crippen molar-refractivity contribution in [2.75, 3.05) is 12.4 Å². The van der Waals surface area contributed by atoms with Crippen LogP contribution < -0.4 is 10.6 Å². The molecule has 0 aromatic heterocycles. The normalized spacial score (nSPS) is 16.6. The van der Waals surface area contributed by atoms with E-state index < -0.39 is 0 Å². The first-order valence-electron chi connectivity index (χ1n) is 5.79. The van der Waals surface area contributed by atoms with Crippen LogP contribution in [0.1, 0.15) is 30.1 Å². The molecule has 3 nitrogen and oxygen atoms in total. The van der Waals surface area contributed by atoms with Crippen molar-refractivity contribution in [3.8, 4) is 0 Å². The first-order chi connectivity index (χ1) is 7.70. The summed E-state index contributed by atoms with van der Waals surface area (Å²) < 4.78 is 0. The Morgan fingerprint density at radius 2 is 1.94 bits per heavy atom. The molecule has 1 aromatic carbocycles. The second-order valence-electron chi connectivity index (χ2n) is 4.43. The lowest BCUT2D eigenvalue weighted by atomic mass is 10.1. The standard InChI is InChI=1S/C13H18N2O/c1-9(10-3-4-10)15-13(16)11-5-7-12(14-2)8-6-11/h5-10,14H,3-4H2,1-2H3,(H,15,16). The minimum absolute atomic E-state index is 0.0297. The van der Waals surface area contributed by atoms with E-state index in [4.69, 9.17) is 0 Å². The van der Waals surface area contributed by atoms with Crippen LogP contribution >= 0.6 is 0 Å². The summed E-state index contributed by atoms with van der Waals surface area (Å²) in [5, 5.41) is 6.07. The highest BCUT2D eigenvalue weighted by Gasteiger charge is 2.28. The van der Waals surface area contributed by atoms with Crippen molar-refractivity contribution in [1.82, 2.24) is 5.32 Å². The van der Waals surface area contributed by atoms with Gasteiger partial charge in [-0.15, -0.1) is 0 Å². The molecule has 1 atom stereocenters. The maximum absolute atomic E-state index is 11.9. The van der Waals surface area contributed by atoms with E-state index in [0.717, 1.165) is 11.3 Å². The lowest BCUT2D eigenvalue weighted by Crippen LogP contribution is -2.33. The summed E-state index contributed by atoms with van der Waals surface area (Å²) in [6.07, 6.45) is 2.50. The zero-order valence-corrected chi connectivity index (χ0v) is 9.79. The molecule has 1 saturated carbocycles. The predicted octanol–water partition coefficient (Wildman–Crippen LogP) is 2.26. The van der Waals surface area contributed by atoms with Gasteiger partial charge in [0, 0.05) is 24.3 Å². The second-order valence-corrected chi connectivity index (χ2v) is 4.43. The van der Waals surface area contributed by atoms with Gasteiger partial charge in [-0.3, -0.25) is 4.79 Å². The lowest BCUT2D eigenvalue weighted by molar-refractivity contribution is 0.0936. The summed E-state index contributed by atoms with van der Waals surface area (Å²) in [4.78, 5) is 11.9. The van der Waals surface area contributed by atoms with Crippen LogP contribution in [0.15, 0.2) is 24.3 Å². The molecule has 86 valence electrons. The van der Waals surface area contributed by atoms with E-state index in [1.54, 1.807) is 0 Å². The molecule has 1 fully saturated rings. The molecule has 1 unspecified atom stereocenters. The Hall–Kier alpha value is -1.51. The quantitative estimate of drug-likeness (QED) is 0.814. The van der Waals surface area contributed by atoms with Gasteiger partial charge >= 0.3 is 0 Å². The molecule has 2 rings (SSSR count). The Morgan fingerprint density at radius 3 is 2.44 bits per heavy atom. The Kier molecular flexibility index (Phi) is 3.13. The van der Waals surface area contributed by atoms with Crippen LogP contribution in [-0.2, 0) is 0 Å². The Labute approximate surface area is 96.2 Å². The maximum Gasteiger partial charge on any atom is 0.251 e. The van der Waals surface area contributed by atoms with Crippen molar-refractivity contribution in [1.29, 1.82) is 0 Å². The zero-order valence-electron chi connectivity index (χ0n) is 9.79. The van der Waals surface area contributed by atoms with Crippen molar-refractivity contribution in [3.05, 3.63) is 29.8 Å². The number of rotatable bonds is 4. The van der Waals surface area contributed by atoms with Crippen LogP contribution in [0.4, 0.5) is 5.69 Å². The Bertz CT molecular complexity index is 368. The summed E-state index contributed by atoms with van der Waals surface area (Å²) in [6.45, 7) is 2.08. The fraction of sp³-hybridized carbons (Fsp3) is 0.462. The molecule has 3 heteroatoms. The summed E-state index contributed by atoms with van der Waals surface area (Å²) in [7, 11) is 1.87. The van der Waals surface area contributed by atoms with Gasteiger partial charge in [0.2, 0.25) is 0 Å². The predicted molar refractivity (Wildman–Crippen MR) is 65.6 cm³/mol. The zero-order chi connectivity index (χ0) is 11.5. The van der Waals surface area contributed by atoms with Crippen molar-refractivity contribution in [2.24, 2.45) is 5.92 Å². The van der Waals surface area contributed by atoms with Crippen molar-refractivity contribution < 1.29 is 4.79 Å². The summed E-state index contributed by atoms with van der Waals surface area (Å²) in [6, 6.07) is 7.83. The summed E-state index contributed by atoms with van der Waals surface area (Å²) in [5.74, 6) is 0.725. The second kappa shape index (κ2) is 4.56. The summed E-state index contributed by atoms with van der Waals surface area (Å²) in [5.41, 5.74) is 1.75. The third-order valence-electron chi connectivity index (χ3n) is 3.12. The van der Waals surface area contributed by atoms with Crippen molar-refractivity contribution in [3.63, 3.8) is 0 Å². The molecule has 16 heavy (non-hydrogen) atoms. The number of benzene rings is 1. The van der Waals surface area contributed by atoms with E-state index in [0.29, 0.717) is 12.0 Å². The average molecular weight is 218 g/mol. The van der Waals surface area contributed by atoms with Gasteiger partial charge in [-0.1, -0.05) is 0 Å². The molecule has 0 bridgehead atoms. The van der Waals surface area contributed by atoms with Gasteiger partial charge in [-0.2, -0.15) is 0 Å². The molecular formula is C13H18N2O. The van der Waals surface area contributed by atoms with Crippen LogP contribution in [0, 0.1) is 5.92 Å². The molecule has 0 radical (unpaired) electrons. The fourth-order valence-electron chi connectivity index (χ4n) is 1.79. The molecule has 0 spiro atoms. The van der Waals surface area contributed by atoms with Gasteiger partial charge in [0.15, 0.2) is 0 Å². The fourth-order valence-corrected chi connectivity index (χ4v) is 1.79. The average Bonchev–Trinajstić information content (AvgIpc) is 3.13. The van der Waals surface area contributed by atoms with Crippen LogP contribution in [0.2, 0.25) is 0 Å². The number of carbonyl (C=O) groups excluding carboxylic acids is 1. The number of hydrogen-bond acceptors (Lipinski definition) is 2. The van der Waals surface area contributed by atoms with Gasteiger partial charge in [0.1, 0.15) is 0 Å². The van der Waals surface area contributed by atoms with E-state index in [1.165, 1.54) is 12.8 Å². The van der Waals surface area contributed by atoms with Gasteiger partial charge in [-0.05, 0) is 49.9 Å². The van der Waals surface area contributed by atoms with E-state index in [-0.39, 0.29) is 5.91 Å². The van der Waals surface area contributed by atoms with Crippen LogP contribution in [0.3, 0.4) is 0 Å². The molecule has 0 aliphatic heterocycles. The van der Waals surface area contributed by atoms with Crippen LogP contribution in [-0.4, -0.2) is 19.0 Å². The lowest BCUT2D eigenvalue weighted by Gasteiger charge is -2.12. The third kappa shape index (κ3) is 2.54. The highest BCUT2D eigenvalue weighted by molar-refractivity contribution is 5.94. The third-order valence-corrected chi connectivity index (χ3v) is 3.12. The smallest absolute Gasteiger partial charge is 0.251 e. The SMILES string of the molecule is CNc1ccc(C(=O)NC(C)C2CC2)cc1. The van der Waals surface area contributed by atoms with Gasteiger partial charge in [0.05, 0.1) is 0 Å². The Balaban J connectivity index is 1.96. The number of hydrogen-bond donors (Lipinski definition) is 2. The first kappa shape index (κ1) is 11.0. The Morgan fingerprint density at radius 1 is 1.31 bits per heavy atom. The maximum atomic E-state index is 11.9. The molecule has 1 aliphatic rings. The number of amides is 1. The minimum Gasteiger partial charge on any atom is -0.388 e. The molecule has 0 heterocycles. The summed E-state index contributed by atoms with van der Waals surface area (Å²) >= 11 is 0. The van der Waals surface area contributed by atoms with E-state index in [2.05, 4.69) is 17.6 Å². The van der Waals surface area contributed by atoms with Crippen molar-refractivity contribution in [2.45, 2.75) is 25.8 Å². The number of anilines is 1. The topological polar surface area (TPSA) is 41.1 Å². The van der Waals surface area contributed by atoms with E-state index in [9.17, 15) is 4.79 Å². The van der Waals surface area contributed by atoms with Crippen molar-refractivity contribution >= 4 is 11.6 Å². The molecule has 1 aliphatic carbocycles. The van der Waals surface area contributed by atoms with E-state index >= 15 is 0 Å². The highest BCUT2D eigenvalue weighted by Crippen LogP contribution is 2.32. The molecule has 1 amide bonds. The van der Waals surface area contributed by atoms with Gasteiger partial charge in [-0.25, -0.2) is 0 Å². The molecule has 1 aromatic rings. The minimum atomic E-state index is 0.0297. The molecule has 0 saturated heterocycles. The largest absolute Gasteiger partial charge is 0.388 e. The number of nitrogens with one attached hydrogen (secondary N) is 2. The van der Waals surface area contributed by atoms with Gasteiger partial charge < -0.3 is 10.6 Å². The molecular weight excluding hydrogens is 200 g/mol.